The molecule has 7 heteroatoms. The van der Waals surface area contributed by atoms with Crippen LogP contribution in [0, 0.1) is 6.92 Å². The predicted molar refractivity (Wildman–Crippen MR) is 118 cm³/mol. The number of hydrogen-bond donors (Lipinski definition) is 1. The van der Waals surface area contributed by atoms with Crippen molar-refractivity contribution in [3.63, 3.8) is 0 Å². The highest BCUT2D eigenvalue weighted by molar-refractivity contribution is 6.35. The summed E-state index contributed by atoms with van der Waals surface area (Å²) < 4.78 is 1.79. The molecular formula is C22H16Cl2N4O. The number of nitrogens with zero attached hydrogens (tertiary/aromatic N) is 3. The third-order valence-corrected chi connectivity index (χ3v) is 4.91. The highest BCUT2D eigenvalue weighted by Gasteiger charge is 2.11. The molecule has 0 fully saturated rings. The van der Waals surface area contributed by atoms with E-state index < -0.39 is 0 Å². The van der Waals surface area contributed by atoms with Gasteiger partial charge in [-0.05, 0) is 48.9 Å². The van der Waals surface area contributed by atoms with E-state index in [0.29, 0.717) is 21.3 Å². The van der Waals surface area contributed by atoms with E-state index >= 15 is 0 Å². The Labute approximate surface area is 177 Å². The van der Waals surface area contributed by atoms with Crippen LogP contribution in [0.2, 0.25) is 10.0 Å². The summed E-state index contributed by atoms with van der Waals surface area (Å²) in [4.78, 5) is 16.8. The number of para-hydroxylation sites is 1. The zero-order valence-corrected chi connectivity index (χ0v) is 16.9. The molecule has 2 aromatic heterocycles. The second-order valence-corrected chi connectivity index (χ2v) is 7.26. The van der Waals surface area contributed by atoms with Gasteiger partial charge in [0.25, 0.3) is 0 Å². The highest BCUT2D eigenvalue weighted by Crippen LogP contribution is 2.24. The lowest BCUT2D eigenvalue weighted by molar-refractivity contribution is -0.111. The van der Waals surface area contributed by atoms with Crippen LogP contribution in [0.3, 0.4) is 0 Å². The van der Waals surface area contributed by atoms with Crippen LogP contribution in [0.15, 0.2) is 66.9 Å². The second-order valence-electron chi connectivity index (χ2n) is 6.42. The van der Waals surface area contributed by atoms with Crippen LogP contribution >= 0.6 is 23.2 Å². The Morgan fingerprint density at radius 2 is 1.90 bits per heavy atom. The fraction of sp³-hybridized carbons (Fsp3) is 0.0455. The van der Waals surface area contributed by atoms with Crippen molar-refractivity contribution in [3.8, 4) is 5.69 Å². The number of anilines is 1. The second kappa shape index (κ2) is 8.07. The number of benzene rings is 2. The summed E-state index contributed by atoms with van der Waals surface area (Å²) in [5.41, 5.74) is 3.79. The van der Waals surface area contributed by atoms with Gasteiger partial charge in [-0.25, -0.2) is 9.67 Å². The number of pyridine rings is 1. The van der Waals surface area contributed by atoms with Gasteiger partial charge in [-0.1, -0.05) is 47.5 Å². The van der Waals surface area contributed by atoms with Crippen molar-refractivity contribution in [1.29, 1.82) is 0 Å². The van der Waals surface area contributed by atoms with Crippen molar-refractivity contribution in [1.82, 2.24) is 14.8 Å². The number of carbonyl (C=O) groups is 1. The van der Waals surface area contributed by atoms with Crippen LogP contribution in [0.1, 0.15) is 11.3 Å². The maximum Gasteiger partial charge on any atom is 0.248 e. The van der Waals surface area contributed by atoms with Gasteiger partial charge in [0.1, 0.15) is 0 Å². The molecule has 0 aliphatic carbocycles. The number of hydrogen-bond acceptors (Lipinski definition) is 3. The van der Waals surface area contributed by atoms with Crippen molar-refractivity contribution in [2.24, 2.45) is 0 Å². The van der Waals surface area contributed by atoms with Crippen molar-refractivity contribution in [2.75, 3.05) is 5.32 Å². The van der Waals surface area contributed by atoms with E-state index in [0.717, 1.165) is 22.4 Å². The fourth-order valence-electron chi connectivity index (χ4n) is 2.95. The Hall–Kier alpha value is -3.15. The molecule has 2 heterocycles. The number of aryl methyl sites for hydroxylation is 1. The van der Waals surface area contributed by atoms with Gasteiger partial charge >= 0.3 is 0 Å². The first-order valence-electron chi connectivity index (χ1n) is 8.86. The van der Waals surface area contributed by atoms with E-state index in [-0.39, 0.29) is 5.91 Å². The maximum absolute atomic E-state index is 12.3. The van der Waals surface area contributed by atoms with Gasteiger partial charge in [0.15, 0.2) is 5.65 Å². The first-order chi connectivity index (χ1) is 14.0. The summed E-state index contributed by atoms with van der Waals surface area (Å²) in [5.74, 6) is -0.287. The molecule has 29 heavy (non-hydrogen) atoms. The zero-order valence-electron chi connectivity index (χ0n) is 15.4. The number of carbonyl (C=O) groups excluding carboxylic acids is 1. The number of amides is 1. The van der Waals surface area contributed by atoms with E-state index in [1.165, 1.54) is 6.08 Å². The van der Waals surface area contributed by atoms with Gasteiger partial charge in [-0.2, -0.15) is 5.10 Å². The molecule has 0 saturated carbocycles. The van der Waals surface area contributed by atoms with Crippen LogP contribution in [-0.2, 0) is 4.79 Å². The topological polar surface area (TPSA) is 59.8 Å². The van der Waals surface area contributed by atoms with Crippen molar-refractivity contribution in [3.05, 3.63) is 88.2 Å². The fourth-order valence-corrected chi connectivity index (χ4v) is 3.42. The molecule has 0 aliphatic rings. The van der Waals surface area contributed by atoms with Crippen LogP contribution in [-0.4, -0.2) is 20.7 Å². The zero-order chi connectivity index (χ0) is 20.4. The summed E-state index contributed by atoms with van der Waals surface area (Å²) >= 11 is 12.0. The molecule has 0 unspecified atom stereocenters. The minimum Gasteiger partial charge on any atom is -0.321 e. The molecule has 5 nitrogen and oxygen atoms in total. The van der Waals surface area contributed by atoms with Gasteiger partial charge in [0.05, 0.1) is 23.3 Å². The number of halogens is 2. The van der Waals surface area contributed by atoms with E-state index in [1.54, 1.807) is 35.2 Å². The summed E-state index contributed by atoms with van der Waals surface area (Å²) in [6.45, 7) is 1.91. The molecule has 0 saturated heterocycles. The molecule has 144 valence electrons. The third-order valence-electron chi connectivity index (χ3n) is 4.35. The minimum absolute atomic E-state index is 0.287. The summed E-state index contributed by atoms with van der Waals surface area (Å²) in [7, 11) is 0. The normalized spacial score (nSPS) is 11.3. The minimum atomic E-state index is -0.287. The van der Waals surface area contributed by atoms with Crippen LogP contribution in [0.25, 0.3) is 22.8 Å². The summed E-state index contributed by atoms with van der Waals surface area (Å²) in [6, 6.07) is 16.8. The van der Waals surface area contributed by atoms with Gasteiger partial charge < -0.3 is 5.32 Å². The lowest BCUT2D eigenvalue weighted by Gasteiger charge is -2.04. The number of fused-ring (bicyclic) bond motifs is 1. The van der Waals surface area contributed by atoms with E-state index in [2.05, 4.69) is 15.4 Å². The molecule has 0 bridgehead atoms. The maximum atomic E-state index is 12.3. The summed E-state index contributed by atoms with van der Waals surface area (Å²) in [5, 5.41) is 9.29. The van der Waals surface area contributed by atoms with Gasteiger partial charge in [-0.15, -0.1) is 0 Å². The number of nitrogens with one attached hydrogen (secondary N) is 1. The average Bonchev–Trinajstić information content (AvgIpc) is 3.04. The smallest absolute Gasteiger partial charge is 0.248 e. The van der Waals surface area contributed by atoms with Gasteiger partial charge in [0.2, 0.25) is 5.91 Å². The standard InChI is InChI=1S/C22H16Cl2N4O/c1-14-19-12-17(13-25-22(19)28(27-14)18-5-3-2-4-6-18)26-21(29)10-8-15-7-9-16(23)11-20(15)24/h2-13H,1H3,(H,26,29)/b10-8+. The molecule has 0 aliphatic heterocycles. The Balaban J connectivity index is 1.56. The number of aromatic nitrogens is 3. The first-order valence-corrected chi connectivity index (χ1v) is 9.62. The molecule has 4 rings (SSSR count). The van der Waals surface area contributed by atoms with Gasteiger partial charge in [-0.3, -0.25) is 4.79 Å². The quantitative estimate of drug-likeness (QED) is 0.429. The Morgan fingerprint density at radius 1 is 1.10 bits per heavy atom. The van der Waals surface area contributed by atoms with Crippen LogP contribution < -0.4 is 5.32 Å². The summed E-state index contributed by atoms with van der Waals surface area (Å²) in [6.07, 6.45) is 4.67. The van der Waals surface area contributed by atoms with Gasteiger partial charge in [0, 0.05) is 21.5 Å². The van der Waals surface area contributed by atoms with Crippen molar-refractivity contribution >= 4 is 51.9 Å². The lowest BCUT2D eigenvalue weighted by atomic mass is 10.2. The predicted octanol–water partition coefficient (Wildman–Crippen LogP) is 5.69. The monoisotopic (exact) mass is 422 g/mol. The van der Waals surface area contributed by atoms with E-state index in [4.69, 9.17) is 23.2 Å². The van der Waals surface area contributed by atoms with Crippen LogP contribution in [0.5, 0.6) is 0 Å². The molecule has 1 N–H and O–H groups in total. The lowest BCUT2D eigenvalue weighted by Crippen LogP contribution is -2.08. The molecule has 1 amide bonds. The molecule has 2 aromatic carbocycles. The number of rotatable bonds is 4. The average molecular weight is 423 g/mol. The molecular weight excluding hydrogens is 407 g/mol. The van der Waals surface area contributed by atoms with Crippen molar-refractivity contribution in [2.45, 2.75) is 6.92 Å². The molecule has 0 radical (unpaired) electrons. The Kier molecular flexibility index (Phi) is 5.34. The Bertz CT molecular complexity index is 1230. The third kappa shape index (κ3) is 4.16. The molecule has 4 aromatic rings. The first kappa shape index (κ1) is 19.2. The Morgan fingerprint density at radius 3 is 2.66 bits per heavy atom. The highest BCUT2D eigenvalue weighted by atomic mass is 35.5. The van der Waals surface area contributed by atoms with Crippen LogP contribution in [0.4, 0.5) is 5.69 Å². The molecule has 0 spiro atoms. The largest absolute Gasteiger partial charge is 0.321 e. The SMILES string of the molecule is Cc1nn(-c2ccccc2)c2ncc(NC(=O)/C=C/c3ccc(Cl)cc3Cl)cc12. The molecule has 0 atom stereocenters. The van der Waals surface area contributed by atoms with Crippen molar-refractivity contribution < 1.29 is 4.79 Å². The van der Waals surface area contributed by atoms with E-state index in [1.807, 2.05) is 43.3 Å². The van der Waals surface area contributed by atoms with E-state index in [9.17, 15) is 4.79 Å².